The maximum absolute atomic E-state index is 13.4. The third kappa shape index (κ3) is 5.17. The van der Waals surface area contributed by atoms with Gasteiger partial charge in [0.2, 0.25) is 0 Å². The van der Waals surface area contributed by atoms with Gasteiger partial charge in [0, 0.05) is 31.7 Å². The highest BCUT2D eigenvalue weighted by atomic mass is 19.1. The molecule has 0 spiro atoms. The molecule has 1 heterocycles. The number of amides is 2. The summed E-state index contributed by atoms with van der Waals surface area (Å²) in [6, 6.07) is 11.7. The predicted octanol–water partition coefficient (Wildman–Crippen LogP) is 3.80. The number of benzene rings is 2. The number of aryl methyl sites for hydroxylation is 1. The minimum absolute atomic E-state index is 0.0377. The highest BCUT2D eigenvalue weighted by Gasteiger charge is 2.26. The fourth-order valence-corrected chi connectivity index (χ4v) is 3.55. The topological polar surface area (TPSA) is 49.9 Å². The Balaban J connectivity index is 1.56. The zero-order valence-corrected chi connectivity index (χ0v) is 18.1. The molecule has 0 unspecified atom stereocenters. The molecule has 1 aliphatic rings. The first-order valence-corrected chi connectivity index (χ1v) is 10.2. The van der Waals surface area contributed by atoms with Crippen LogP contribution < -0.4 is 4.74 Å². The van der Waals surface area contributed by atoms with Gasteiger partial charge in [-0.15, -0.1) is 0 Å². The van der Waals surface area contributed by atoms with Gasteiger partial charge in [0.05, 0.1) is 0 Å². The van der Waals surface area contributed by atoms with Crippen LogP contribution in [0.25, 0.3) is 0 Å². The Morgan fingerprint density at radius 2 is 1.67 bits per heavy atom. The third-order valence-corrected chi connectivity index (χ3v) is 5.29. The molecule has 0 aliphatic carbocycles. The second-order valence-corrected chi connectivity index (χ2v) is 8.72. The van der Waals surface area contributed by atoms with E-state index in [1.54, 1.807) is 15.9 Å². The van der Waals surface area contributed by atoms with Gasteiger partial charge < -0.3 is 14.5 Å². The Morgan fingerprint density at radius 1 is 1.00 bits per heavy atom. The number of nitrogens with zero attached hydrogens (tertiary/aromatic N) is 2. The molecule has 1 aliphatic heterocycles. The fraction of sp³-hybridized carbons (Fsp3) is 0.417. The van der Waals surface area contributed by atoms with Crippen molar-refractivity contribution < 1.29 is 18.7 Å². The zero-order chi connectivity index (χ0) is 21.9. The van der Waals surface area contributed by atoms with Crippen molar-refractivity contribution in [2.75, 3.05) is 32.8 Å². The van der Waals surface area contributed by atoms with Crippen molar-refractivity contribution >= 4 is 11.8 Å². The van der Waals surface area contributed by atoms with Gasteiger partial charge in [-0.05, 0) is 42.2 Å². The van der Waals surface area contributed by atoms with Crippen LogP contribution in [0.5, 0.6) is 5.75 Å². The Labute approximate surface area is 177 Å². The van der Waals surface area contributed by atoms with Gasteiger partial charge in [-0.25, -0.2) is 4.39 Å². The van der Waals surface area contributed by atoms with Crippen molar-refractivity contribution in [3.63, 3.8) is 0 Å². The molecular formula is C24H29FN2O3. The minimum atomic E-state index is -0.433. The Morgan fingerprint density at radius 3 is 2.30 bits per heavy atom. The van der Waals surface area contributed by atoms with Gasteiger partial charge in [0.25, 0.3) is 11.8 Å². The van der Waals surface area contributed by atoms with Gasteiger partial charge >= 0.3 is 0 Å². The lowest BCUT2D eigenvalue weighted by Crippen LogP contribution is -2.51. The second-order valence-electron chi connectivity index (χ2n) is 8.72. The lowest BCUT2D eigenvalue weighted by atomic mass is 9.85. The summed E-state index contributed by atoms with van der Waals surface area (Å²) in [5, 5.41) is 0. The van der Waals surface area contributed by atoms with Crippen molar-refractivity contribution in [3.05, 3.63) is 65.0 Å². The fourth-order valence-electron chi connectivity index (χ4n) is 3.55. The summed E-state index contributed by atoms with van der Waals surface area (Å²) in [7, 11) is 0. The van der Waals surface area contributed by atoms with Crippen molar-refractivity contribution in [1.29, 1.82) is 0 Å². The smallest absolute Gasteiger partial charge is 0.260 e. The highest BCUT2D eigenvalue weighted by Crippen LogP contribution is 2.32. The summed E-state index contributed by atoms with van der Waals surface area (Å²) >= 11 is 0. The number of carbonyl (C=O) groups is 2. The van der Waals surface area contributed by atoms with Gasteiger partial charge in [-0.3, -0.25) is 9.59 Å². The summed E-state index contributed by atoms with van der Waals surface area (Å²) in [4.78, 5) is 28.5. The molecule has 0 N–H and O–H groups in total. The number of piperazine rings is 1. The summed E-state index contributed by atoms with van der Waals surface area (Å²) in [6.07, 6.45) is 0. The summed E-state index contributed by atoms with van der Waals surface area (Å²) in [6.45, 7) is 10.0. The largest absolute Gasteiger partial charge is 0.483 e. The standard InChI is InChI=1S/C24H29FN2O3/c1-17-8-9-21(20(14-17)24(2,3)4)30-16-22(28)26-10-12-27(13-11-26)23(29)18-6-5-7-19(25)15-18/h5-9,14-15H,10-13,16H2,1-4H3. The van der Waals surface area contributed by atoms with Crippen LogP contribution in [0.2, 0.25) is 0 Å². The van der Waals surface area contributed by atoms with Crippen LogP contribution in [0.4, 0.5) is 4.39 Å². The average molecular weight is 413 g/mol. The van der Waals surface area contributed by atoms with Crippen molar-refractivity contribution in [2.45, 2.75) is 33.1 Å². The molecular weight excluding hydrogens is 383 g/mol. The first-order valence-electron chi connectivity index (χ1n) is 10.2. The predicted molar refractivity (Wildman–Crippen MR) is 114 cm³/mol. The molecule has 6 heteroatoms. The Hall–Kier alpha value is -2.89. The van der Waals surface area contributed by atoms with Crippen LogP contribution >= 0.6 is 0 Å². The molecule has 0 saturated carbocycles. The number of hydrogen-bond acceptors (Lipinski definition) is 3. The lowest BCUT2D eigenvalue weighted by Gasteiger charge is -2.35. The maximum atomic E-state index is 13.4. The van der Waals surface area contributed by atoms with E-state index in [-0.39, 0.29) is 23.8 Å². The summed E-state index contributed by atoms with van der Waals surface area (Å²) < 4.78 is 19.3. The molecule has 5 nitrogen and oxygen atoms in total. The van der Waals surface area contributed by atoms with Crippen molar-refractivity contribution in [2.24, 2.45) is 0 Å². The van der Waals surface area contributed by atoms with Crippen LogP contribution in [-0.2, 0) is 10.2 Å². The molecule has 1 fully saturated rings. The molecule has 3 rings (SSSR count). The van der Waals surface area contributed by atoms with Crippen LogP contribution in [0.15, 0.2) is 42.5 Å². The molecule has 0 radical (unpaired) electrons. The van der Waals surface area contributed by atoms with Crippen molar-refractivity contribution in [1.82, 2.24) is 9.80 Å². The van der Waals surface area contributed by atoms with E-state index >= 15 is 0 Å². The van der Waals surface area contributed by atoms with Gasteiger partial charge in [0.15, 0.2) is 6.61 Å². The first kappa shape index (κ1) is 21.8. The highest BCUT2D eigenvalue weighted by molar-refractivity contribution is 5.94. The number of hydrogen-bond donors (Lipinski definition) is 0. The van der Waals surface area contributed by atoms with E-state index in [0.29, 0.717) is 31.7 Å². The first-order chi connectivity index (χ1) is 14.1. The van der Waals surface area contributed by atoms with E-state index in [2.05, 4.69) is 26.8 Å². The van der Waals surface area contributed by atoms with E-state index in [1.165, 1.54) is 18.2 Å². The number of rotatable bonds is 4. The van der Waals surface area contributed by atoms with Crippen molar-refractivity contribution in [3.8, 4) is 5.75 Å². The SMILES string of the molecule is Cc1ccc(OCC(=O)N2CCN(C(=O)c3cccc(F)c3)CC2)c(C(C)(C)C)c1. The van der Waals surface area contributed by atoms with Crippen LogP contribution in [0.1, 0.15) is 42.3 Å². The molecule has 2 aromatic rings. The quantitative estimate of drug-likeness (QED) is 0.768. The van der Waals surface area contributed by atoms with E-state index in [9.17, 15) is 14.0 Å². The van der Waals surface area contributed by atoms with Gasteiger partial charge in [-0.2, -0.15) is 0 Å². The van der Waals surface area contributed by atoms with Crippen LogP contribution in [0.3, 0.4) is 0 Å². The Kier molecular flexibility index (Phi) is 6.44. The molecule has 1 saturated heterocycles. The normalized spacial score (nSPS) is 14.6. The van der Waals surface area contributed by atoms with Crippen LogP contribution in [0, 0.1) is 12.7 Å². The van der Waals surface area contributed by atoms with E-state index < -0.39 is 5.82 Å². The number of halogens is 1. The molecule has 2 amide bonds. The third-order valence-electron chi connectivity index (χ3n) is 5.29. The molecule has 0 aromatic heterocycles. The van der Waals surface area contributed by atoms with E-state index in [0.717, 1.165) is 16.9 Å². The van der Waals surface area contributed by atoms with E-state index in [1.807, 2.05) is 19.1 Å². The average Bonchev–Trinajstić information content (AvgIpc) is 2.71. The van der Waals surface area contributed by atoms with E-state index in [4.69, 9.17) is 4.74 Å². The number of carbonyl (C=O) groups excluding carboxylic acids is 2. The maximum Gasteiger partial charge on any atom is 0.260 e. The minimum Gasteiger partial charge on any atom is -0.483 e. The number of ether oxygens (including phenoxy) is 1. The zero-order valence-electron chi connectivity index (χ0n) is 18.1. The molecule has 30 heavy (non-hydrogen) atoms. The van der Waals surface area contributed by atoms with Gasteiger partial charge in [-0.1, -0.05) is 44.5 Å². The lowest BCUT2D eigenvalue weighted by molar-refractivity contribution is -0.134. The van der Waals surface area contributed by atoms with Crippen LogP contribution in [-0.4, -0.2) is 54.4 Å². The molecule has 160 valence electrons. The Bertz CT molecular complexity index is 928. The van der Waals surface area contributed by atoms with Gasteiger partial charge in [0.1, 0.15) is 11.6 Å². The molecule has 0 atom stereocenters. The molecule has 0 bridgehead atoms. The summed E-state index contributed by atoms with van der Waals surface area (Å²) in [5.74, 6) is -0.0282. The monoisotopic (exact) mass is 412 g/mol. The molecule has 2 aromatic carbocycles. The second kappa shape index (κ2) is 8.86. The summed E-state index contributed by atoms with van der Waals surface area (Å²) in [5.41, 5.74) is 2.46.